The van der Waals surface area contributed by atoms with Crippen LogP contribution >= 0.6 is 0 Å². The molecule has 190 valence electrons. The van der Waals surface area contributed by atoms with Crippen molar-refractivity contribution in [2.75, 3.05) is 10.6 Å². The van der Waals surface area contributed by atoms with E-state index in [1.54, 1.807) is 63.2 Å². The summed E-state index contributed by atoms with van der Waals surface area (Å²) in [6, 6.07) is 14.1. The molecule has 2 aromatic carbocycles. The van der Waals surface area contributed by atoms with Gasteiger partial charge < -0.3 is 15.4 Å². The second-order valence-corrected chi connectivity index (χ2v) is 10.0. The zero-order chi connectivity index (χ0) is 26.5. The smallest absolute Gasteiger partial charge is 0.433 e. The Bertz CT molecular complexity index is 1350. The Morgan fingerprint density at radius 1 is 1.00 bits per heavy atom. The number of hydrogen-bond donors (Lipinski definition) is 2. The third-order valence-electron chi connectivity index (χ3n) is 7.62. The molecule has 1 aliphatic heterocycles. The predicted octanol–water partition coefficient (Wildman–Crippen LogP) is 6.69. The molecule has 0 spiro atoms. The minimum absolute atomic E-state index is 0.206. The second kappa shape index (κ2) is 8.50. The molecule has 2 heterocycles. The number of fused-ring (bicyclic) bond motifs is 1. The highest BCUT2D eigenvalue weighted by Gasteiger charge is 2.68. The highest BCUT2D eigenvalue weighted by atomic mass is 19.4. The molecule has 1 saturated heterocycles. The molecule has 4 rings (SSSR count). The number of aromatic nitrogens is 1. The number of pyridine rings is 1. The standard InChI is InChI=1S/C27H28F3N3O3/c1-6-26(25(4,5)24(2,3)23(35)36-26)22(34)32-17-11-9-10-16(14-17)31-20-15-21(27(28,29)30)33-19-13-8-7-12-18(19)20/h7-15H,6H2,1-5H3,(H,31,33)(H,32,34)/t26-/m0/s1. The first-order valence-electron chi connectivity index (χ1n) is 11.6. The first kappa shape index (κ1) is 25.5. The number of carbonyl (C=O) groups is 2. The van der Waals surface area contributed by atoms with Gasteiger partial charge in [0.15, 0.2) is 5.60 Å². The second-order valence-electron chi connectivity index (χ2n) is 10.0. The summed E-state index contributed by atoms with van der Waals surface area (Å²) in [6.45, 7) is 9.00. The first-order valence-corrected chi connectivity index (χ1v) is 11.6. The number of hydrogen-bond acceptors (Lipinski definition) is 5. The van der Waals surface area contributed by atoms with Crippen molar-refractivity contribution < 1.29 is 27.5 Å². The Balaban J connectivity index is 1.65. The van der Waals surface area contributed by atoms with Crippen LogP contribution in [0.3, 0.4) is 0 Å². The summed E-state index contributed by atoms with van der Waals surface area (Å²) in [7, 11) is 0. The summed E-state index contributed by atoms with van der Waals surface area (Å²) in [5.41, 5.74) is -2.75. The zero-order valence-corrected chi connectivity index (χ0v) is 20.7. The van der Waals surface area contributed by atoms with Crippen LogP contribution in [0.1, 0.15) is 46.7 Å². The highest BCUT2D eigenvalue weighted by Crippen LogP contribution is 2.57. The van der Waals surface area contributed by atoms with E-state index in [4.69, 9.17) is 4.74 Å². The van der Waals surface area contributed by atoms with Gasteiger partial charge in [-0.05, 0) is 50.6 Å². The number of nitrogens with zero attached hydrogens (tertiary/aromatic N) is 1. The number of carbonyl (C=O) groups excluding carboxylic acids is 2. The van der Waals surface area contributed by atoms with Crippen molar-refractivity contribution >= 4 is 39.8 Å². The van der Waals surface area contributed by atoms with Crippen LogP contribution in [0.5, 0.6) is 0 Å². The van der Waals surface area contributed by atoms with Crippen molar-refractivity contribution in [3.05, 3.63) is 60.3 Å². The van der Waals surface area contributed by atoms with E-state index in [0.29, 0.717) is 16.8 Å². The fourth-order valence-electron chi connectivity index (χ4n) is 4.66. The fourth-order valence-corrected chi connectivity index (χ4v) is 4.66. The van der Waals surface area contributed by atoms with Gasteiger partial charge >= 0.3 is 12.1 Å². The third-order valence-corrected chi connectivity index (χ3v) is 7.62. The van der Waals surface area contributed by atoms with Crippen molar-refractivity contribution in [3.63, 3.8) is 0 Å². The Kier molecular flexibility index (Phi) is 6.01. The summed E-state index contributed by atoms with van der Waals surface area (Å²) in [5.74, 6) is -0.898. The number of amides is 1. The van der Waals surface area contributed by atoms with Crippen molar-refractivity contribution in [1.82, 2.24) is 4.98 Å². The van der Waals surface area contributed by atoms with E-state index >= 15 is 0 Å². The van der Waals surface area contributed by atoms with Gasteiger partial charge in [0.1, 0.15) is 5.69 Å². The lowest BCUT2D eigenvalue weighted by atomic mass is 9.60. The van der Waals surface area contributed by atoms with Gasteiger partial charge in [0.25, 0.3) is 5.91 Å². The van der Waals surface area contributed by atoms with Crippen LogP contribution in [0, 0.1) is 10.8 Å². The summed E-state index contributed by atoms with van der Waals surface area (Å²) in [6.07, 6.45) is -4.33. The Labute approximate surface area is 207 Å². The molecule has 1 amide bonds. The molecule has 1 fully saturated rings. The maximum atomic E-state index is 13.5. The zero-order valence-electron chi connectivity index (χ0n) is 20.7. The molecule has 36 heavy (non-hydrogen) atoms. The number of para-hydroxylation sites is 1. The lowest BCUT2D eigenvalue weighted by Gasteiger charge is -2.41. The summed E-state index contributed by atoms with van der Waals surface area (Å²) >= 11 is 0. The number of benzene rings is 2. The van der Waals surface area contributed by atoms with Crippen LogP contribution in [0.2, 0.25) is 0 Å². The van der Waals surface area contributed by atoms with Crippen molar-refractivity contribution in [2.24, 2.45) is 10.8 Å². The monoisotopic (exact) mass is 499 g/mol. The Morgan fingerprint density at radius 2 is 1.67 bits per heavy atom. The highest BCUT2D eigenvalue weighted by molar-refractivity contribution is 6.02. The van der Waals surface area contributed by atoms with Crippen LogP contribution in [-0.4, -0.2) is 22.5 Å². The van der Waals surface area contributed by atoms with Gasteiger partial charge in [-0.15, -0.1) is 0 Å². The number of rotatable bonds is 5. The number of nitrogens with one attached hydrogen (secondary N) is 2. The molecule has 9 heteroatoms. The van der Waals surface area contributed by atoms with E-state index in [1.165, 1.54) is 6.07 Å². The lowest BCUT2D eigenvalue weighted by Crippen LogP contribution is -2.54. The maximum Gasteiger partial charge on any atom is 0.433 e. The number of halogens is 3. The summed E-state index contributed by atoms with van der Waals surface area (Å²) in [5, 5.41) is 6.39. The number of cyclic esters (lactones) is 1. The molecule has 1 aromatic heterocycles. The van der Waals surface area contributed by atoms with E-state index in [0.717, 1.165) is 6.07 Å². The maximum absolute atomic E-state index is 13.5. The van der Waals surface area contributed by atoms with Crippen molar-refractivity contribution in [3.8, 4) is 0 Å². The number of alkyl halides is 3. The third kappa shape index (κ3) is 3.96. The average molecular weight is 500 g/mol. The molecule has 1 atom stereocenters. The molecule has 3 aromatic rings. The van der Waals surface area contributed by atoms with Crippen molar-refractivity contribution in [1.29, 1.82) is 0 Å². The van der Waals surface area contributed by atoms with E-state index in [-0.39, 0.29) is 17.6 Å². The van der Waals surface area contributed by atoms with Crippen LogP contribution < -0.4 is 10.6 Å². The molecule has 0 aliphatic carbocycles. The van der Waals surface area contributed by atoms with Crippen LogP contribution in [-0.2, 0) is 20.5 Å². The topological polar surface area (TPSA) is 80.3 Å². The summed E-state index contributed by atoms with van der Waals surface area (Å²) in [4.78, 5) is 29.8. The Morgan fingerprint density at radius 3 is 2.28 bits per heavy atom. The van der Waals surface area contributed by atoms with E-state index in [2.05, 4.69) is 15.6 Å². The molecule has 1 aliphatic rings. The largest absolute Gasteiger partial charge is 0.448 e. The van der Waals surface area contributed by atoms with Gasteiger partial charge in [-0.3, -0.25) is 9.59 Å². The minimum atomic E-state index is -4.61. The summed E-state index contributed by atoms with van der Waals surface area (Å²) < 4.78 is 46.0. The van der Waals surface area contributed by atoms with Gasteiger partial charge in [-0.2, -0.15) is 13.2 Å². The molecule has 0 saturated carbocycles. The van der Waals surface area contributed by atoms with E-state index in [9.17, 15) is 22.8 Å². The lowest BCUT2D eigenvalue weighted by molar-refractivity contribution is -0.161. The Hall–Kier alpha value is -3.62. The number of ether oxygens (including phenoxy) is 1. The number of esters is 1. The van der Waals surface area contributed by atoms with Crippen molar-refractivity contribution in [2.45, 2.75) is 52.8 Å². The van der Waals surface area contributed by atoms with Crippen LogP contribution in [0.15, 0.2) is 54.6 Å². The van der Waals surface area contributed by atoms with E-state index in [1.807, 2.05) is 13.8 Å². The van der Waals surface area contributed by atoms with Gasteiger partial charge in [0.2, 0.25) is 0 Å². The molecular formula is C27H28F3N3O3. The fraction of sp³-hybridized carbons (Fsp3) is 0.370. The molecule has 0 unspecified atom stereocenters. The normalized spacial score (nSPS) is 20.7. The minimum Gasteiger partial charge on any atom is -0.448 e. The van der Waals surface area contributed by atoms with Crippen LogP contribution in [0.25, 0.3) is 10.9 Å². The van der Waals surface area contributed by atoms with E-state index < -0.39 is 40.2 Å². The van der Waals surface area contributed by atoms with Gasteiger partial charge in [-0.1, -0.05) is 45.0 Å². The van der Waals surface area contributed by atoms with Gasteiger partial charge in [0.05, 0.1) is 16.6 Å². The SMILES string of the molecule is CC[C@@]1(C(=O)Nc2cccc(Nc3cc(C(F)(F)F)nc4ccccc34)c2)OC(=O)C(C)(C)C1(C)C. The molecule has 6 nitrogen and oxygen atoms in total. The molecule has 0 bridgehead atoms. The average Bonchev–Trinajstić information content (AvgIpc) is 2.95. The van der Waals surface area contributed by atoms with Crippen LogP contribution in [0.4, 0.5) is 30.2 Å². The number of anilines is 3. The quantitative estimate of drug-likeness (QED) is 0.382. The van der Waals surface area contributed by atoms with Gasteiger partial charge in [0, 0.05) is 22.2 Å². The molecule has 0 radical (unpaired) electrons. The molecule has 2 N–H and O–H groups in total. The molecular weight excluding hydrogens is 471 g/mol. The van der Waals surface area contributed by atoms with Gasteiger partial charge in [-0.25, -0.2) is 4.98 Å². The predicted molar refractivity (Wildman–Crippen MR) is 132 cm³/mol. The first-order chi connectivity index (χ1) is 16.7.